The van der Waals surface area contributed by atoms with Crippen LogP contribution in [0.15, 0.2) is 30.3 Å². The van der Waals surface area contributed by atoms with Gasteiger partial charge in [0.25, 0.3) is 0 Å². The molecule has 0 saturated carbocycles. The Kier molecular flexibility index (Phi) is 5.54. The number of ether oxygens (including phenoxy) is 2. The summed E-state index contributed by atoms with van der Waals surface area (Å²) in [6, 6.07) is 11.1. The molecule has 2 N–H and O–H groups in total. The lowest BCUT2D eigenvalue weighted by Gasteiger charge is -2.38. The van der Waals surface area contributed by atoms with Crippen LogP contribution >= 0.6 is 0 Å². The van der Waals surface area contributed by atoms with E-state index in [1.54, 1.807) is 7.11 Å². The van der Waals surface area contributed by atoms with Crippen molar-refractivity contribution in [2.24, 2.45) is 0 Å². The number of methoxy groups -OCH3 is 1. The lowest BCUT2D eigenvalue weighted by molar-refractivity contribution is -0.114. The number of hydrogen-bond donors (Lipinski definition) is 2. The van der Waals surface area contributed by atoms with Crippen LogP contribution in [0.3, 0.4) is 0 Å². The number of aliphatic hydroxyl groups is 2. The third-order valence-electron chi connectivity index (χ3n) is 6.54. The van der Waals surface area contributed by atoms with E-state index in [-0.39, 0.29) is 18.8 Å². The average molecular weight is 392 g/mol. The van der Waals surface area contributed by atoms with E-state index in [1.165, 1.54) is 27.8 Å². The van der Waals surface area contributed by atoms with Crippen LogP contribution in [0.2, 0.25) is 0 Å². The lowest BCUT2D eigenvalue weighted by Crippen LogP contribution is -2.39. The minimum Gasteiger partial charge on any atom is -0.496 e. The largest absolute Gasteiger partial charge is 0.496 e. The average Bonchev–Trinajstić information content (AvgIpc) is 2.67. The van der Waals surface area contributed by atoms with Crippen molar-refractivity contribution >= 4 is 15.7 Å². The third-order valence-corrected chi connectivity index (χ3v) is 6.54. The van der Waals surface area contributed by atoms with Gasteiger partial charge in [0.05, 0.1) is 32.0 Å². The second kappa shape index (κ2) is 7.82. The molecular formula is C23H30B2O4. The highest BCUT2D eigenvalue weighted by atomic mass is 16.5. The zero-order valence-electron chi connectivity index (χ0n) is 17.9. The fourth-order valence-corrected chi connectivity index (χ4v) is 4.92. The van der Waals surface area contributed by atoms with Crippen LogP contribution in [0.5, 0.6) is 5.75 Å². The van der Waals surface area contributed by atoms with Crippen molar-refractivity contribution < 1.29 is 19.7 Å². The molecule has 0 bridgehead atoms. The fourth-order valence-electron chi connectivity index (χ4n) is 4.92. The Balaban J connectivity index is 1.63. The molecule has 2 aromatic rings. The Morgan fingerprint density at radius 1 is 1.21 bits per heavy atom. The minimum atomic E-state index is -0.475. The molecule has 3 atom stereocenters. The van der Waals surface area contributed by atoms with Gasteiger partial charge in [-0.3, -0.25) is 0 Å². The number of benzene rings is 2. The van der Waals surface area contributed by atoms with Gasteiger partial charge in [0.2, 0.25) is 0 Å². The van der Waals surface area contributed by atoms with Crippen molar-refractivity contribution in [1.82, 2.24) is 0 Å². The van der Waals surface area contributed by atoms with Crippen LogP contribution in [0.4, 0.5) is 0 Å². The van der Waals surface area contributed by atoms with Gasteiger partial charge in [-0.25, -0.2) is 0 Å². The van der Waals surface area contributed by atoms with Crippen LogP contribution in [0.1, 0.15) is 52.3 Å². The summed E-state index contributed by atoms with van der Waals surface area (Å²) in [6.07, 6.45) is 1.89. The maximum Gasteiger partial charge on any atom is 0.124 e. The number of aryl methyl sites for hydroxylation is 1. The molecule has 4 rings (SSSR count). The van der Waals surface area contributed by atoms with Gasteiger partial charge in [-0.1, -0.05) is 29.0 Å². The Labute approximate surface area is 175 Å². The first kappa shape index (κ1) is 20.5. The summed E-state index contributed by atoms with van der Waals surface area (Å²) in [4.78, 5) is 0. The topological polar surface area (TPSA) is 58.9 Å². The monoisotopic (exact) mass is 392 g/mol. The molecule has 0 spiro atoms. The molecule has 3 unspecified atom stereocenters. The van der Waals surface area contributed by atoms with Crippen molar-refractivity contribution in [3.8, 4) is 5.75 Å². The second-order valence-corrected chi connectivity index (χ2v) is 9.30. The Morgan fingerprint density at radius 3 is 2.66 bits per heavy atom. The molecule has 1 saturated heterocycles. The van der Waals surface area contributed by atoms with E-state index in [4.69, 9.17) is 9.47 Å². The molecule has 29 heavy (non-hydrogen) atoms. The van der Waals surface area contributed by atoms with Crippen LogP contribution < -0.4 is 4.74 Å². The van der Waals surface area contributed by atoms with Gasteiger partial charge in [-0.15, -0.1) is 0 Å². The molecule has 6 heteroatoms. The van der Waals surface area contributed by atoms with E-state index in [9.17, 15) is 10.2 Å². The van der Waals surface area contributed by atoms with Crippen molar-refractivity contribution in [1.29, 1.82) is 0 Å². The molecule has 152 valence electrons. The summed E-state index contributed by atoms with van der Waals surface area (Å²) in [5.74, 6) is 0.779. The molecule has 4 nitrogen and oxygen atoms in total. The molecule has 1 heterocycles. The molecule has 1 aliphatic carbocycles. The highest BCUT2D eigenvalue weighted by Crippen LogP contribution is 2.39. The maximum atomic E-state index is 10.2. The Morgan fingerprint density at radius 2 is 2.00 bits per heavy atom. The highest BCUT2D eigenvalue weighted by molar-refractivity contribution is 6.41. The number of aliphatic hydroxyl groups excluding tert-OH is 2. The zero-order valence-corrected chi connectivity index (χ0v) is 17.9. The van der Waals surface area contributed by atoms with E-state index in [0.29, 0.717) is 18.1 Å². The molecule has 0 amide bonds. The number of fused-ring (bicyclic) bond motifs is 1. The molecule has 0 aromatic heterocycles. The highest BCUT2D eigenvalue weighted by Gasteiger charge is 2.34. The summed E-state index contributed by atoms with van der Waals surface area (Å²) in [5.41, 5.74) is 7.62. The van der Waals surface area contributed by atoms with Crippen molar-refractivity contribution in [3.63, 3.8) is 0 Å². The summed E-state index contributed by atoms with van der Waals surface area (Å²) in [6.45, 7) is 2.03. The van der Waals surface area contributed by atoms with E-state index < -0.39 is 6.10 Å². The van der Waals surface area contributed by atoms with Crippen LogP contribution in [-0.2, 0) is 22.8 Å². The SMILES string of the molecule is BC1(B)Cc2cc(Cc3cc(C4CC(O)CC(CO)O4)c(OC)cc3C)ccc21. The van der Waals surface area contributed by atoms with E-state index in [1.807, 2.05) is 0 Å². The smallest absolute Gasteiger partial charge is 0.124 e. The van der Waals surface area contributed by atoms with Gasteiger partial charge >= 0.3 is 0 Å². The first-order valence-electron chi connectivity index (χ1n) is 10.5. The molecule has 0 radical (unpaired) electrons. The van der Waals surface area contributed by atoms with Crippen molar-refractivity contribution in [2.75, 3.05) is 13.7 Å². The lowest BCUT2D eigenvalue weighted by atomic mass is 9.42. The van der Waals surface area contributed by atoms with Crippen LogP contribution in [0, 0.1) is 6.92 Å². The second-order valence-electron chi connectivity index (χ2n) is 9.30. The minimum absolute atomic E-state index is 0.0833. The van der Waals surface area contributed by atoms with Crippen LogP contribution in [-0.4, -0.2) is 51.8 Å². The van der Waals surface area contributed by atoms with Crippen molar-refractivity contribution in [2.45, 2.75) is 56.1 Å². The van der Waals surface area contributed by atoms with Gasteiger partial charge in [0.15, 0.2) is 0 Å². The summed E-state index contributed by atoms with van der Waals surface area (Å²) in [7, 11) is 6.26. The number of hydrogen-bond acceptors (Lipinski definition) is 4. The van der Waals surface area contributed by atoms with Gasteiger partial charge < -0.3 is 19.7 Å². The number of rotatable bonds is 5. The third kappa shape index (κ3) is 3.98. The predicted molar refractivity (Wildman–Crippen MR) is 119 cm³/mol. The summed E-state index contributed by atoms with van der Waals surface area (Å²) >= 11 is 0. The first-order chi connectivity index (χ1) is 13.8. The molecule has 2 aromatic carbocycles. The molecule has 1 fully saturated rings. The Bertz CT molecular complexity index is 912. The van der Waals surface area contributed by atoms with E-state index in [0.717, 1.165) is 24.2 Å². The molecule has 1 aliphatic heterocycles. The summed E-state index contributed by atoms with van der Waals surface area (Å²) < 4.78 is 11.7. The van der Waals surface area contributed by atoms with Gasteiger partial charge in [-0.2, -0.15) is 0 Å². The van der Waals surface area contributed by atoms with Gasteiger partial charge in [-0.05, 0) is 54.2 Å². The predicted octanol–water partition coefficient (Wildman–Crippen LogP) is 1.14. The summed E-state index contributed by atoms with van der Waals surface area (Å²) in [5, 5.41) is 20.1. The first-order valence-corrected chi connectivity index (χ1v) is 10.5. The quantitative estimate of drug-likeness (QED) is 0.750. The Hall–Kier alpha value is -1.75. The van der Waals surface area contributed by atoms with Crippen LogP contribution in [0.25, 0.3) is 0 Å². The van der Waals surface area contributed by atoms with E-state index >= 15 is 0 Å². The fraction of sp³-hybridized carbons (Fsp3) is 0.478. The van der Waals surface area contributed by atoms with Gasteiger partial charge in [0.1, 0.15) is 21.4 Å². The molecular weight excluding hydrogens is 362 g/mol. The maximum absolute atomic E-state index is 10.2. The van der Waals surface area contributed by atoms with Crippen molar-refractivity contribution in [3.05, 3.63) is 63.7 Å². The standard InChI is InChI=1S/C23H30B2O4/c1-13-5-21(28-2)19(22-10-17(27)9-18(12-26)29-22)8-15(13)6-14-3-4-20-16(7-14)11-23(20,24)25/h3-5,7-8,17-18,22,26-27H,6,9-12,24-25H2,1-2H3. The normalized spacial score (nSPS) is 25.2. The molecule has 2 aliphatic rings. The zero-order chi connectivity index (χ0) is 20.8. The van der Waals surface area contributed by atoms with E-state index in [2.05, 4.69) is 52.9 Å². The van der Waals surface area contributed by atoms with Gasteiger partial charge in [0, 0.05) is 18.4 Å².